The van der Waals surface area contributed by atoms with E-state index in [1.807, 2.05) is 0 Å². The standard InChI is InChI=1S/C27H20ClF3N2O5/c1-15(23(34)32-21-14-17(27(29,30)31)11-12-20(21)28)38-26(37)22(13-16-7-3-2-4-8-16)33-24(35)18-9-5-6-10-19(18)25(33)36/h2-12,14-15,22H,13H2,1H3,(H,32,34)/t15?,22-/m0/s1. The van der Waals surface area contributed by atoms with Crippen LogP contribution in [0, 0.1) is 0 Å². The lowest BCUT2D eigenvalue weighted by Crippen LogP contribution is -2.48. The van der Waals surface area contributed by atoms with Gasteiger partial charge >= 0.3 is 12.1 Å². The molecular weight excluding hydrogens is 525 g/mol. The minimum Gasteiger partial charge on any atom is -0.451 e. The Kier molecular flexibility index (Phi) is 7.54. The Morgan fingerprint density at radius 1 is 0.947 bits per heavy atom. The Morgan fingerprint density at radius 2 is 1.53 bits per heavy atom. The number of hydrogen-bond acceptors (Lipinski definition) is 5. The van der Waals surface area contributed by atoms with Gasteiger partial charge in [0, 0.05) is 6.42 Å². The maximum atomic E-state index is 13.3. The van der Waals surface area contributed by atoms with Gasteiger partial charge in [0.15, 0.2) is 6.10 Å². The number of imide groups is 1. The molecule has 0 saturated carbocycles. The van der Waals surface area contributed by atoms with Crippen molar-refractivity contribution in [3.63, 3.8) is 0 Å². The maximum Gasteiger partial charge on any atom is 0.416 e. The fraction of sp³-hybridized carbons (Fsp3) is 0.185. The Bertz CT molecular complexity index is 1380. The average Bonchev–Trinajstić information content (AvgIpc) is 3.13. The van der Waals surface area contributed by atoms with Crippen molar-refractivity contribution in [3.8, 4) is 0 Å². The first-order chi connectivity index (χ1) is 18.0. The zero-order valence-electron chi connectivity index (χ0n) is 19.8. The van der Waals surface area contributed by atoms with Crippen LogP contribution in [-0.4, -0.2) is 40.7 Å². The Hall–Kier alpha value is -4.18. The highest BCUT2D eigenvalue weighted by Crippen LogP contribution is 2.34. The van der Waals surface area contributed by atoms with Crippen molar-refractivity contribution in [1.82, 2.24) is 4.90 Å². The zero-order chi connectivity index (χ0) is 27.6. The number of alkyl halides is 3. The van der Waals surface area contributed by atoms with Crippen LogP contribution in [0.1, 0.15) is 38.8 Å². The van der Waals surface area contributed by atoms with Gasteiger partial charge in [-0.25, -0.2) is 4.79 Å². The number of benzene rings is 3. The number of nitrogens with zero attached hydrogens (tertiary/aromatic N) is 1. The van der Waals surface area contributed by atoms with Gasteiger partial charge in [0.05, 0.1) is 27.4 Å². The van der Waals surface area contributed by atoms with Gasteiger partial charge in [-0.2, -0.15) is 13.2 Å². The van der Waals surface area contributed by atoms with Gasteiger partial charge in [-0.05, 0) is 42.8 Å². The third-order valence-corrected chi connectivity index (χ3v) is 6.22. The monoisotopic (exact) mass is 544 g/mol. The minimum atomic E-state index is -4.67. The number of fused-ring (bicyclic) bond motifs is 1. The van der Waals surface area contributed by atoms with Gasteiger partial charge in [0.25, 0.3) is 17.7 Å². The van der Waals surface area contributed by atoms with Gasteiger partial charge in [-0.1, -0.05) is 54.1 Å². The topological polar surface area (TPSA) is 92.8 Å². The van der Waals surface area contributed by atoms with Crippen molar-refractivity contribution in [3.05, 3.63) is 100 Å². The van der Waals surface area contributed by atoms with Gasteiger partial charge in [-0.15, -0.1) is 0 Å². The van der Waals surface area contributed by atoms with E-state index in [2.05, 4.69) is 5.32 Å². The molecule has 0 bridgehead atoms. The van der Waals surface area contributed by atoms with Crippen LogP contribution < -0.4 is 5.32 Å². The van der Waals surface area contributed by atoms with E-state index < -0.39 is 47.6 Å². The van der Waals surface area contributed by atoms with Crippen LogP contribution in [-0.2, 0) is 26.9 Å². The smallest absolute Gasteiger partial charge is 0.416 e. The van der Waals surface area contributed by atoms with Crippen LogP contribution in [0.3, 0.4) is 0 Å². The van der Waals surface area contributed by atoms with E-state index in [0.717, 1.165) is 17.0 Å². The largest absolute Gasteiger partial charge is 0.451 e. The predicted octanol–water partition coefficient (Wildman–Crippen LogP) is 5.14. The number of carbonyl (C=O) groups is 4. The molecule has 0 radical (unpaired) electrons. The molecule has 1 heterocycles. The number of ether oxygens (including phenoxy) is 1. The summed E-state index contributed by atoms with van der Waals surface area (Å²) in [4.78, 5) is 52.9. The summed E-state index contributed by atoms with van der Waals surface area (Å²) in [5.41, 5.74) is -0.466. The second-order valence-electron chi connectivity index (χ2n) is 8.49. The summed E-state index contributed by atoms with van der Waals surface area (Å²) in [5, 5.41) is 2.07. The van der Waals surface area contributed by atoms with Crippen molar-refractivity contribution < 1.29 is 37.1 Å². The molecule has 1 aliphatic rings. The van der Waals surface area contributed by atoms with E-state index in [1.54, 1.807) is 42.5 Å². The summed E-state index contributed by atoms with van der Waals surface area (Å²) >= 11 is 5.93. The van der Waals surface area contributed by atoms with E-state index in [9.17, 15) is 32.3 Å². The number of esters is 1. The summed E-state index contributed by atoms with van der Waals surface area (Å²) in [6, 6.07) is 15.7. The number of halogens is 4. The first kappa shape index (κ1) is 26.9. The normalized spacial score (nSPS) is 14.6. The Labute approximate surface area is 220 Å². The van der Waals surface area contributed by atoms with Crippen molar-refractivity contribution in [1.29, 1.82) is 0 Å². The molecular formula is C27H20ClF3N2O5. The van der Waals surface area contributed by atoms with E-state index in [4.69, 9.17) is 16.3 Å². The molecule has 0 fully saturated rings. The third kappa shape index (κ3) is 5.55. The number of nitrogens with one attached hydrogen (secondary N) is 1. The van der Waals surface area contributed by atoms with E-state index in [-0.39, 0.29) is 28.3 Å². The van der Waals surface area contributed by atoms with Crippen LogP contribution in [0.25, 0.3) is 0 Å². The van der Waals surface area contributed by atoms with E-state index in [1.165, 1.54) is 19.1 Å². The van der Waals surface area contributed by atoms with Crippen LogP contribution >= 0.6 is 11.6 Å². The first-order valence-electron chi connectivity index (χ1n) is 11.4. The number of anilines is 1. The molecule has 2 atom stereocenters. The Morgan fingerprint density at radius 3 is 2.11 bits per heavy atom. The SMILES string of the molecule is CC(OC(=O)[C@H](Cc1ccccc1)N1C(=O)c2ccccc2C1=O)C(=O)Nc1cc(C(F)(F)F)ccc1Cl. The molecule has 1 aliphatic heterocycles. The quantitative estimate of drug-likeness (QED) is 0.328. The molecule has 0 spiro atoms. The number of hydrogen-bond donors (Lipinski definition) is 1. The minimum absolute atomic E-state index is 0.0844. The zero-order valence-corrected chi connectivity index (χ0v) is 20.5. The maximum absolute atomic E-state index is 13.3. The average molecular weight is 545 g/mol. The highest BCUT2D eigenvalue weighted by Gasteiger charge is 2.44. The summed E-state index contributed by atoms with van der Waals surface area (Å²) in [7, 11) is 0. The lowest BCUT2D eigenvalue weighted by Gasteiger charge is -2.26. The molecule has 4 rings (SSSR count). The van der Waals surface area contributed by atoms with Crippen LogP contribution in [0.2, 0.25) is 5.02 Å². The molecule has 3 aromatic carbocycles. The van der Waals surface area contributed by atoms with E-state index >= 15 is 0 Å². The number of amides is 3. The second kappa shape index (κ2) is 10.7. The number of rotatable bonds is 7. The van der Waals surface area contributed by atoms with Crippen LogP contribution in [0.4, 0.5) is 18.9 Å². The molecule has 0 saturated heterocycles. The molecule has 3 aromatic rings. The van der Waals surface area contributed by atoms with E-state index in [0.29, 0.717) is 11.6 Å². The second-order valence-corrected chi connectivity index (χ2v) is 8.90. The summed E-state index contributed by atoms with van der Waals surface area (Å²) < 4.78 is 44.5. The molecule has 11 heteroatoms. The fourth-order valence-electron chi connectivity index (χ4n) is 3.95. The first-order valence-corrected chi connectivity index (χ1v) is 11.7. The van der Waals surface area contributed by atoms with Gasteiger partial charge in [0.2, 0.25) is 0 Å². The molecule has 0 aliphatic carbocycles. The molecule has 38 heavy (non-hydrogen) atoms. The molecule has 1 N–H and O–H groups in total. The van der Waals surface area contributed by atoms with Crippen LogP contribution in [0.5, 0.6) is 0 Å². The molecule has 7 nitrogen and oxygen atoms in total. The highest BCUT2D eigenvalue weighted by atomic mass is 35.5. The number of carbonyl (C=O) groups excluding carboxylic acids is 4. The molecule has 1 unspecified atom stereocenters. The molecule has 3 amide bonds. The lowest BCUT2D eigenvalue weighted by molar-refractivity contribution is -0.157. The van der Waals surface area contributed by atoms with Gasteiger partial charge < -0.3 is 10.1 Å². The Balaban J connectivity index is 1.55. The predicted molar refractivity (Wildman–Crippen MR) is 132 cm³/mol. The fourth-order valence-corrected chi connectivity index (χ4v) is 4.11. The summed E-state index contributed by atoms with van der Waals surface area (Å²) in [6.45, 7) is 1.21. The van der Waals surface area contributed by atoms with Gasteiger partial charge in [-0.3, -0.25) is 19.3 Å². The van der Waals surface area contributed by atoms with Crippen LogP contribution in [0.15, 0.2) is 72.8 Å². The molecule has 0 aromatic heterocycles. The lowest BCUT2D eigenvalue weighted by atomic mass is 10.0. The van der Waals surface area contributed by atoms with Crippen molar-refractivity contribution in [2.75, 3.05) is 5.32 Å². The van der Waals surface area contributed by atoms with Crippen molar-refractivity contribution in [2.45, 2.75) is 31.7 Å². The van der Waals surface area contributed by atoms with Gasteiger partial charge in [0.1, 0.15) is 6.04 Å². The summed E-state index contributed by atoms with van der Waals surface area (Å²) in [5.74, 6) is -3.37. The van der Waals surface area contributed by atoms with Crippen molar-refractivity contribution in [2.24, 2.45) is 0 Å². The van der Waals surface area contributed by atoms with Crippen molar-refractivity contribution >= 4 is 41.0 Å². The third-order valence-electron chi connectivity index (χ3n) is 5.89. The molecule has 196 valence electrons. The highest BCUT2D eigenvalue weighted by molar-refractivity contribution is 6.33. The summed E-state index contributed by atoms with van der Waals surface area (Å²) in [6.07, 6.45) is -6.25.